The van der Waals surface area contributed by atoms with Crippen LogP contribution in [0.2, 0.25) is 0 Å². The third-order valence-corrected chi connectivity index (χ3v) is 5.74. The van der Waals surface area contributed by atoms with E-state index in [0.717, 1.165) is 19.4 Å². The van der Waals surface area contributed by atoms with Gasteiger partial charge in [0.1, 0.15) is 5.75 Å². The van der Waals surface area contributed by atoms with Gasteiger partial charge in [-0.15, -0.1) is 0 Å². The molecule has 7 nitrogen and oxygen atoms in total. The minimum atomic E-state index is -0.339. The molecule has 1 aliphatic rings. The average Bonchev–Trinajstić information content (AvgIpc) is 3.30. The molecule has 2 amide bonds. The highest BCUT2D eigenvalue weighted by atomic mass is 79.9. The predicted octanol–water partition coefficient (Wildman–Crippen LogP) is 4.52. The molecule has 0 radical (unpaired) electrons. The number of thiocarbonyl (C=S) groups is 1. The minimum Gasteiger partial charge on any atom is -0.492 e. The topological polar surface area (TPSA) is 88.7 Å². The van der Waals surface area contributed by atoms with E-state index in [1.165, 1.54) is 0 Å². The van der Waals surface area contributed by atoms with E-state index < -0.39 is 0 Å². The van der Waals surface area contributed by atoms with Gasteiger partial charge in [-0.2, -0.15) is 0 Å². The average molecular weight is 534 g/mol. The Morgan fingerprint density at radius 1 is 1.15 bits per heavy atom. The molecule has 1 unspecified atom stereocenters. The summed E-state index contributed by atoms with van der Waals surface area (Å²) in [4.78, 5) is 24.8. The van der Waals surface area contributed by atoms with Crippen molar-refractivity contribution in [3.8, 4) is 5.75 Å². The summed E-state index contributed by atoms with van der Waals surface area (Å²) >= 11 is 8.70. The SMILES string of the molecule is CC(C)COc1ccc(C(=O)NC(=S)Nc2ccc(C(=O)NCC3CCCO3)cc2)cc1Br. The summed E-state index contributed by atoms with van der Waals surface area (Å²) in [5.74, 6) is 0.590. The maximum absolute atomic E-state index is 12.5. The van der Waals surface area contributed by atoms with E-state index in [1.54, 1.807) is 42.5 Å². The summed E-state index contributed by atoms with van der Waals surface area (Å²) in [6, 6.07) is 12.0. The van der Waals surface area contributed by atoms with Gasteiger partial charge in [0.2, 0.25) is 0 Å². The second-order valence-corrected chi connectivity index (χ2v) is 9.44. The predicted molar refractivity (Wildman–Crippen MR) is 136 cm³/mol. The zero-order chi connectivity index (χ0) is 23.8. The molecule has 2 aromatic rings. The third kappa shape index (κ3) is 7.80. The Morgan fingerprint density at radius 2 is 1.88 bits per heavy atom. The van der Waals surface area contributed by atoms with Crippen molar-refractivity contribution in [3.63, 3.8) is 0 Å². The molecular weight excluding hydrogens is 506 g/mol. The summed E-state index contributed by atoms with van der Waals surface area (Å²) < 4.78 is 11.9. The fourth-order valence-electron chi connectivity index (χ4n) is 3.17. The van der Waals surface area contributed by atoms with Crippen molar-refractivity contribution in [3.05, 3.63) is 58.1 Å². The molecule has 3 rings (SSSR count). The van der Waals surface area contributed by atoms with Gasteiger partial charge in [0.25, 0.3) is 11.8 Å². The van der Waals surface area contributed by atoms with E-state index in [0.29, 0.717) is 46.1 Å². The lowest BCUT2D eigenvalue weighted by Gasteiger charge is -2.13. The van der Waals surface area contributed by atoms with Crippen molar-refractivity contribution in [2.75, 3.05) is 25.1 Å². The van der Waals surface area contributed by atoms with Gasteiger partial charge in [0, 0.05) is 30.0 Å². The van der Waals surface area contributed by atoms with Gasteiger partial charge < -0.3 is 20.1 Å². The van der Waals surface area contributed by atoms with Crippen molar-refractivity contribution in [2.45, 2.75) is 32.8 Å². The van der Waals surface area contributed by atoms with E-state index >= 15 is 0 Å². The van der Waals surface area contributed by atoms with Crippen LogP contribution in [0.4, 0.5) is 5.69 Å². The molecule has 1 aliphatic heterocycles. The number of carbonyl (C=O) groups is 2. The largest absolute Gasteiger partial charge is 0.492 e. The molecule has 3 N–H and O–H groups in total. The van der Waals surface area contributed by atoms with Gasteiger partial charge >= 0.3 is 0 Å². The lowest BCUT2D eigenvalue weighted by atomic mass is 10.2. The summed E-state index contributed by atoms with van der Waals surface area (Å²) in [5, 5.41) is 8.66. The fraction of sp³-hybridized carbons (Fsp3) is 0.375. The number of amides is 2. The van der Waals surface area contributed by atoms with E-state index in [-0.39, 0.29) is 23.0 Å². The Kier molecular flexibility index (Phi) is 9.22. The number of rotatable bonds is 8. The molecule has 0 aliphatic carbocycles. The Morgan fingerprint density at radius 3 is 2.52 bits per heavy atom. The zero-order valence-electron chi connectivity index (χ0n) is 18.7. The number of anilines is 1. The minimum absolute atomic E-state index is 0.0975. The maximum Gasteiger partial charge on any atom is 0.257 e. The van der Waals surface area contributed by atoms with E-state index in [4.69, 9.17) is 21.7 Å². The van der Waals surface area contributed by atoms with Crippen molar-refractivity contribution in [1.82, 2.24) is 10.6 Å². The van der Waals surface area contributed by atoms with Crippen LogP contribution in [-0.2, 0) is 4.74 Å². The number of halogens is 1. The van der Waals surface area contributed by atoms with Gasteiger partial charge in [-0.05, 0) is 89.4 Å². The van der Waals surface area contributed by atoms with Crippen molar-refractivity contribution in [2.24, 2.45) is 5.92 Å². The summed E-state index contributed by atoms with van der Waals surface area (Å²) in [6.07, 6.45) is 2.10. The van der Waals surface area contributed by atoms with E-state index in [9.17, 15) is 9.59 Å². The lowest BCUT2D eigenvalue weighted by Crippen LogP contribution is -2.34. The second kappa shape index (κ2) is 12.1. The summed E-state index contributed by atoms with van der Waals surface area (Å²) in [7, 11) is 0. The van der Waals surface area contributed by atoms with Crippen LogP contribution in [0.15, 0.2) is 46.9 Å². The first-order valence-corrected chi connectivity index (χ1v) is 12.1. The Labute approximate surface area is 207 Å². The monoisotopic (exact) mass is 533 g/mol. The maximum atomic E-state index is 12.5. The molecule has 0 saturated carbocycles. The van der Waals surface area contributed by atoms with E-state index in [2.05, 4.69) is 45.7 Å². The smallest absolute Gasteiger partial charge is 0.257 e. The van der Waals surface area contributed by atoms with Crippen molar-refractivity contribution in [1.29, 1.82) is 0 Å². The first-order chi connectivity index (χ1) is 15.8. The highest BCUT2D eigenvalue weighted by molar-refractivity contribution is 9.10. The first-order valence-electron chi connectivity index (χ1n) is 10.9. The van der Waals surface area contributed by atoms with Gasteiger partial charge in [-0.25, -0.2) is 0 Å². The molecule has 2 aromatic carbocycles. The molecule has 0 aromatic heterocycles. The van der Waals surface area contributed by atoms with Crippen molar-refractivity contribution < 1.29 is 19.1 Å². The normalized spacial score (nSPS) is 15.2. The molecular formula is C24H28BrN3O4S. The standard InChI is InChI=1S/C24H28BrN3O4S/c1-15(2)14-32-21-10-7-17(12-20(21)25)23(30)28-24(33)27-18-8-5-16(6-9-18)22(29)26-13-19-4-3-11-31-19/h5-10,12,15,19H,3-4,11,13-14H2,1-2H3,(H,26,29)(H2,27,28,30,33). The van der Waals surface area contributed by atoms with Crippen LogP contribution in [0.5, 0.6) is 5.75 Å². The number of benzene rings is 2. The number of nitrogens with one attached hydrogen (secondary N) is 3. The van der Waals surface area contributed by atoms with Crippen LogP contribution in [0, 0.1) is 5.92 Å². The van der Waals surface area contributed by atoms with Crippen LogP contribution in [0.25, 0.3) is 0 Å². The Balaban J connectivity index is 1.49. The molecule has 1 saturated heterocycles. The second-order valence-electron chi connectivity index (χ2n) is 8.18. The molecule has 1 heterocycles. The fourth-order valence-corrected chi connectivity index (χ4v) is 3.88. The molecule has 0 spiro atoms. The number of hydrogen-bond acceptors (Lipinski definition) is 5. The van der Waals surface area contributed by atoms with Gasteiger partial charge in [0.05, 0.1) is 17.2 Å². The zero-order valence-corrected chi connectivity index (χ0v) is 21.1. The van der Waals surface area contributed by atoms with E-state index in [1.807, 2.05) is 0 Å². The first kappa shape index (κ1) is 25.1. The summed E-state index contributed by atoms with van der Waals surface area (Å²) in [6.45, 7) is 5.99. The van der Waals surface area contributed by atoms with Crippen LogP contribution >= 0.6 is 28.1 Å². The highest BCUT2D eigenvalue weighted by Gasteiger charge is 2.17. The van der Waals surface area contributed by atoms with Crippen LogP contribution in [0.1, 0.15) is 47.4 Å². The number of carbonyl (C=O) groups excluding carboxylic acids is 2. The molecule has 176 valence electrons. The quantitative estimate of drug-likeness (QED) is 0.432. The van der Waals surface area contributed by atoms with Crippen LogP contribution < -0.4 is 20.7 Å². The third-order valence-electron chi connectivity index (χ3n) is 4.91. The van der Waals surface area contributed by atoms with Crippen molar-refractivity contribution >= 4 is 50.8 Å². The van der Waals surface area contributed by atoms with Crippen LogP contribution in [0.3, 0.4) is 0 Å². The van der Waals surface area contributed by atoms with Gasteiger partial charge in [-0.1, -0.05) is 13.8 Å². The lowest BCUT2D eigenvalue weighted by molar-refractivity contribution is 0.0857. The Hall–Kier alpha value is -2.49. The molecule has 33 heavy (non-hydrogen) atoms. The Bertz CT molecular complexity index is 992. The molecule has 1 atom stereocenters. The van der Waals surface area contributed by atoms with Gasteiger partial charge in [-0.3, -0.25) is 14.9 Å². The number of hydrogen-bond donors (Lipinski definition) is 3. The summed E-state index contributed by atoms with van der Waals surface area (Å²) in [5.41, 5.74) is 1.65. The molecule has 0 bridgehead atoms. The van der Waals surface area contributed by atoms with Crippen LogP contribution in [-0.4, -0.2) is 42.8 Å². The van der Waals surface area contributed by atoms with Gasteiger partial charge in [0.15, 0.2) is 5.11 Å². The molecule has 1 fully saturated rings. The number of ether oxygens (including phenoxy) is 2. The highest BCUT2D eigenvalue weighted by Crippen LogP contribution is 2.26. The molecule has 9 heteroatoms.